The predicted molar refractivity (Wildman–Crippen MR) is 77.2 cm³/mol. The molecule has 0 amide bonds. The van der Waals surface area contributed by atoms with Gasteiger partial charge in [0.1, 0.15) is 5.65 Å². The molecule has 102 valence electrons. The number of nitrogens with one attached hydrogen (secondary N) is 1. The van der Waals surface area contributed by atoms with E-state index in [9.17, 15) is 0 Å². The van der Waals surface area contributed by atoms with Crippen molar-refractivity contribution in [2.75, 3.05) is 20.1 Å². The van der Waals surface area contributed by atoms with Crippen LogP contribution in [0.3, 0.4) is 0 Å². The minimum Gasteiger partial charge on any atom is -0.317 e. The van der Waals surface area contributed by atoms with Crippen LogP contribution in [0.4, 0.5) is 0 Å². The smallest absolute Gasteiger partial charge is 0.137 e. The monoisotopic (exact) mass is 258 g/mol. The number of fused-ring (bicyclic) bond motifs is 1. The first-order valence-corrected chi connectivity index (χ1v) is 7.16. The molecule has 1 fully saturated rings. The van der Waals surface area contributed by atoms with E-state index in [1.54, 1.807) is 0 Å². The summed E-state index contributed by atoms with van der Waals surface area (Å²) in [7, 11) is 2.22. The topological polar surface area (TPSA) is 32.6 Å². The molecule has 0 saturated carbocycles. The number of aromatic nitrogens is 2. The SMILES string of the molecule is CN(Cc1cn2ccccc2n1)C1CCCNCC1. The highest BCUT2D eigenvalue weighted by Crippen LogP contribution is 2.15. The molecule has 19 heavy (non-hydrogen) atoms. The summed E-state index contributed by atoms with van der Waals surface area (Å²) >= 11 is 0. The fourth-order valence-electron chi connectivity index (χ4n) is 2.89. The fraction of sp³-hybridized carbons (Fsp3) is 0.533. The first kappa shape index (κ1) is 12.6. The van der Waals surface area contributed by atoms with Crippen LogP contribution in [-0.2, 0) is 6.54 Å². The minimum absolute atomic E-state index is 0.680. The Kier molecular flexibility index (Phi) is 3.80. The van der Waals surface area contributed by atoms with Crippen LogP contribution in [0.2, 0.25) is 0 Å². The molecule has 1 N–H and O–H groups in total. The molecular weight excluding hydrogens is 236 g/mol. The van der Waals surface area contributed by atoms with Crippen LogP contribution in [-0.4, -0.2) is 40.5 Å². The third kappa shape index (κ3) is 2.96. The average Bonchev–Trinajstić information content (AvgIpc) is 2.63. The van der Waals surface area contributed by atoms with Crippen molar-refractivity contribution in [1.29, 1.82) is 0 Å². The number of hydrogen-bond donors (Lipinski definition) is 1. The summed E-state index contributed by atoms with van der Waals surface area (Å²) in [4.78, 5) is 7.13. The van der Waals surface area contributed by atoms with Crippen LogP contribution in [0.1, 0.15) is 25.0 Å². The van der Waals surface area contributed by atoms with Gasteiger partial charge in [0.05, 0.1) is 5.69 Å². The van der Waals surface area contributed by atoms with Crippen LogP contribution < -0.4 is 5.32 Å². The van der Waals surface area contributed by atoms with Gasteiger partial charge in [0, 0.05) is 25.0 Å². The van der Waals surface area contributed by atoms with Gasteiger partial charge in [-0.1, -0.05) is 6.07 Å². The Bertz CT molecular complexity index is 493. The first-order chi connectivity index (χ1) is 9.33. The van der Waals surface area contributed by atoms with E-state index in [-0.39, 0.29) is 0 Å². The maximum absolute atomic E-state index is 4.68. The molecule has 1 unspecified atom stereocenters. The lowest BCUT2D eigenvalue weighted by Gasteiger charge is -2.25. The Morgan fingerprint density at radius 1 is 1.37 bits per heavy atom. The second-order valence-electron chi connectivity index (χ2n) is 5.45. The van der Waals surface area contributed by atoms with E-state index in [4.69, 9.17) is 0 Å². The Hall–Kier alpha value is -1.39. The lowest BCUT2D eigenvalue weighted by Crippen LogP contribution is -2.32. The lowest BCUT2D eigenvalue weighted by atomic mass is 10.1. The van der Waals surface area contributed by atoms with Crippen molar-refractivity contribution >= 4 is 5.65 Å². The van der Waals surface area contributed by atoms with Gasteiger partial charge in [0.2, 0.25) is 0 Å². The number of hydrogen-bond acceptors (Lipinski definition) is 3. The summed E-state index contributed by atoms with van der Waals surface area (Å²) in [6.45, 7) is 3.24. The molecule has 0 bridgehead atoms. The molecule has 0 aliphatic carbocycles. The second-order valence-corrected chi connectivity index (χ2v) is 5.45. The quantitative estimate of drug-likeness (QED) is 0.913. The zero-order chi connectivity index (χ0) is 13.1. The van der Waals surface area contributed by atoms with E-state index < -0.39 is 0 Å². The summed E-state index contributed by atoms with van der Waals surface area (Å²) in [5.41, 5.74) is 2.19. The standard InChI is InChI=1S/C15H22N4/c1-18(14-5-4-8-16-9-7-14)11-13-12-19-10-3-2-6-15(19)17-13/h2-3,6,10,12,14,16H,4-5,7-9,11H2,1H3. The van der Waals surface area contributed by atoms with Crippen LogP contribution in [0.15, 0.2) is 30.6 Å². The van der Waals surface area contributed by atoms with Gasteiger partial charge in [-0.05, 0) is 51.5 Å². The number of imidazole rings is 1. The average molecular weight is 258 g/mol. The van der Waals surface area contributed by atoms with Gasteiger partial charge in [0.25, 0.3) is 0 Å². The van der Waals surface area contributed by atoms with Crippen molar-refractivity contribution in [3.63, 3.8) is 0 Å². The highest BCUT2D eigenvalue weighted by molar-refractivity contribution is 5.39. The summed E-state index contributed by atoms with van der Waals surface area (Å²) in [5, 5.41) is 3.47. The van der Waals surface area contributed by atoms with Crippen LogP contribution in [0.5, 0.6) is 0 Å². The first-order valence-electron chi connectivity index (χ1n) is 7.16. The molecule has 1 atom stereocenters. The van der Waals surface area contributed by atoms with Crippen molar-refractivity contribution < 1.29 is 0 Å². The van der Waals surface area contributed by atoms with E-state index >= 15 is 0 Å². The molecule has 1 aliphatic heterocycles. The van der Waals surface area contributed by atoms with Gasteiger partial charge in [-0.3, -0.25) is 4.90 Å². The van der Waals surface area contributed by atoms with E-state index in [1.165, 1.54) is 25.8 Å². The molecule has 4 heteroatoms. The molecule has 0 aromatic carbocycles. The van der Waals surface area contributed by atoms with Crippen molar-refractivity contribution in [3.05, 3.63) is 36.3 Å². The fourth-order valence-corrected chi connectivity index (χ4v) is 2.89. The third-order valence-electron chi connectivity index (χ3n) is 3.99. The normalized spacial score (nSPS) is 20.8. The van der Waals surface area contributed by atoms with Gasteiger partial charge in [-0.2, -0.15) is 0 Å². The van der Waals surface area contributed by atoms with Crippen LogP contribution >= 0.6 is 0 Å². The van der Waals surface area contributed by atoms with E-state index in [0.29, 0.717) is 6.04 Å². The summed E-state index contributed by atoms with van der Waals surface area (Å²) in [6, 6.07) is 6.81. The van der Waals surface area contributed by atoms with E-state index in [2.05, 4.69) is 45.1 Å². The van der Waals surface area contributed by atoms with Crippen molar-refractivity contribution in [2.24, 2.45) is 0 Å². The predicted octanol–water partition coefficient (Wildman–Crippen LogP) is 1.91. The van der Waals surface area contributed by atoms with E-state index in [1.807, 2.05) is 12.1 Å². The Labute approximate surface area is 114 Å². The maximum Gasteiger partial charge on any atom is 0.137 e. The molecule has 0 radical (unpaired) electrons. The largest absolute Gasteiger partial charge is 0.317 e. The molecule has 1 saturated heterocycles. The third-order valence-corrected chi connectivity index (χ3v) is 3.99. The van der Waals surface area contributed by atoms with E-state index in [0.717, 1.165) is 24.4 Å². The molecule has 2 aromatic heterocycles. The molecular formula is C15H22N4. The number of nitrogens with zero attached hydrogens (tertiary/aromatic N) is 3. The van der Waals surface area contributed by atoms with Crippen LogP contribution in [0, 0.1) is 0 Å². The summed E-state index contributed by atoms with van der Waals surface area (Å²) in [5.74, 6) is 0. The minimum atomic E-state index is 0.680. The zero-order valence-electron chi connectivity index (χ0n) is 11.5. The van der Waals surface area contributed by atoms with Crippen molar-refractivity contribution in [3.8, 4) is 0 Å². The second kappa shape index (κ2) is 5.72. The van der Waals surface area contributed by atoms with Gasteiger partial charge in [0.15, 0.2) is 0 Å². The number of rotatable bonds is 3. The molecule has 0 spiro atoms. The van der Waals surface area contributed by atoms with Gasteiger partial charge in [-0.25, -0.2) is 4.98 Å². The highest BCUT2D eigenvalue weighted by Gasteiger charge is 2.17. The van der Waals surface area contributed by atoms with Crippen molar-refractivity contribution in [2.45, 2.75) is 31.8 Å². The van der Waals surface area contributed by atoms with Gasteiger partial charge < -0.3 is 9.72 Å². The van der Waals surface area contributed by atoms with Crippen LogP contribution in [0.25, 0.3) is 5.65 Å². The van der Waals surface area contributed by atoms with Crippen molar-refractivity contribution in [1.82, 2.24) is 19.6 Å². The highest BCUT2D eigenvalue weighted by atomic mass is 15.1. The van der Waals surface area contributed by atoms with Gasteiger partial charge >= 0.3 is 0 Å². The maximum atomic E-state index is 4.68. The van der Waals surface area contributed by atoms with Gasteiger partial charge in [-0.15, -0.1) is 0 Å². The zero-order valence-corrected chi connectivity index (χ0v) is 11.5. The summed E-state index contributed by atoms with van der Waals surface area (Å²) < 4.78 is 2.10. The molecule has 3 rings (SSSR count). The Morgan fingerprint density at radius 2 is 2.32 bits per heavy atom. The molecule has 4 nitrogen and oxygen atoms in total. The summed E-state index contributed by atoms with van der Waals surface area (Å²) in [6.07, 6.45) is 8.00. The molecule has 1 aliphatic rings. The molecule has 2 aromatic rings. The Balaban J connectivity index is 1.69. The Morgan fingerprint density at radius 3 is 3.21 bits per heavy atom. The number of pyridine rings is 1. The lowest BCUT2D eigenvalue weighted by molar-refractivity contribution is 0.214. The molecule has 3 heterocycles.